The Hall–Kier alpha value is -3.34. The molecule has 1 aliphatic heterocycles. The standard InChI is InChI=1S/C22H20N2O3/c25-21(19-8-4-14-24(19)22(26)20-9-5-15-27-20)23-18-12-10-17(11-13-18)16-6-2-1-3-7-16/h1-3,5-7,9-13,15,19H,4,8,14H2,(H,23,25)/t19-/m0/s1. The number of benzene rings is 2. The summed E-state index contributed by atoms with van der Waals surface area (Å²) in [7, 11) is 0. The third kappa shape index (κ3) is 3.62. The monoisotopic (exact) mass is 360 g/mol. The molecule has 0 aliphatic carbocycles. The fourth-order valence-electron chi connectivity index (χ4n) is 3.43. The van der Waals surface area contributed by atoms with Gasteiger partial charge in [0.2, 0.25) is 5.91 Å². The van der Waals surface area contributed by atoms with E-state index in [1.807, 2.05) is 54.6 Å². The van der Waals surface area contributed by atoms with E-state index in [9.17, 15) is 9.59 Å². The number of amides is 2. The van der Waals surface area contributed by atoms with Crippen LogP contribution < -0.4 is 5.32 Å². The van der Waals surface area contributed by atoms with Gasteiger partial charge in [0.05, 0.1) is 6.26 Å². The van der Waals surface area contributed by atoms with Crippen molar-refractivity contribution in [3.63, 3.8) is 0 Å². The highest BCUT2D eigenvalue weighted by Crippen LogP contribution is 2.24. The maximum atomic E-state index is 12.7. The Balaban J connectivity index is 1.44. The van der Waals surface area contributed by atoms with Gasteiger partial charge in [0.15, 0.2) is 5.76 Å². The number of anilines is 1. The maximum absolute atomic E-state index is 12.7. The molecule has 2 aromatic carbocycles. The molecular formula is C22H20N2O3. The van der Waals surface area contributed by atoms with E-state index >= 15 is 0 Å². The van der Waals surface area contributed by atoms with Crippen molar-refractivity contribution in [3.05, 3.63) is 78.8 Å². The summed E-state index contributed by atoms with van der Waals surface area (Å²) >= 11 is 0. The summed E-state index contributed by atoms with van der Waals surface area (Å²) in [5.41, 5.74) is 2.93. The summed E-state index contributed by atoms with van der Waals surface area (Å²) in [4.78, 5) is 26.8. The normalized spacial score (nSPS) is 16.3. The van der Waals surface area contributed by atoms with Gasteiger partial charge < -0.3 is 14.6 Å². The van der Waals surface area contributed by atoms with Crippen molar-refractivity contribution in [2.75, 3.05) is 11.9 Å². The number of nitrogens with one attached hydrogen (secondary N) is 1. The minimum Gasteiger partial charge on any atom is -0.459 e. The molecule has 1 aliphatic rings. The Morgan fingerprint density at radius 2 is 1.67 bits per heavy atom. The molecule has 0 saturated carbocycles. The van der Waals surface area contributed by atoms with Crippen LogP contribution in [0.1, 0.15) is 23.4 Å². The Bertz CT molecular complexity index is 918. The van der Waals surface area contributed by atoms with E-state index in [2.05, 4.69) is 5.32 Å². The smallest absolute Gasteiger partial charge is 0.290 e. The molecule has 136 valence electrons. The van der Waals surface area contributed by atoms with E-state index in [-0.39, 0.29) is 17.6 Å². The lowest BCUT2D eigenvalue weighted by Crippen LogP contribution is -2.43. The molecule has 0 radical (unpaired) electrons. The van der Waals surface area contributed by atoms with E-state index in [4.69, 9.17) is 4.42 Å². The van der Waals surface area contributed by atoms with Crippen LogP contribution in [0.25, 0.3) is 11.1 Å². The molecule has 2 heterocycles. The summed E-state index contributed by atoms with van der Waals surface area (Å²) in [5.74, 6) is -0.140. The van der Waals surface area contributed by atoms with Crippen LogP contribution in [0.4, 0.5) is 5.69 Å². The summed E-state index contributed by atoms with van der Waals surface area (Å²) in [6, 6.07) is 20.6. The van der Waals surface area contributed by atoms with Crippen LogP contribution in [-0.4, -0.2) is 29.3 Å². The molecule has 1 saturated heterocycles. The molecule has 5 heteroatoms. The van der Waals surface area contributed by atoms with E-state index in [0.29, 0.717) is 13.0 Å². The highest BCUT2D eigenvalue weighted by atomic mass is 16.3. The topological polar surface area (TPSA) is 62.6 Å². The zero-order valence-electron chi connectivity index (χ0n) is 14.8. The molecule has 0 spiro atoms. The zero-order chi connectivity index (χ0) is 18.6. The van der Waals surface area contributed by atoms with Crippen molar-refractivity contribution in [1.29, 1.82) is 0 Å². The first-order valence-corrected chi connectivity index (χ1v) is 9.03. The second-order valence-electron chi connectivity index (χ2n) is 6.57. The SMILES string of the molecule is O=C(Nc1ccc(-c2ccccc2)cc1)[C@@H]1CCCN1C(=O)c1ccco1. The Morgan fingerprint density at radius 3 is 2.37 bits per heavy atom. The average Bonchev–Trinajstić information content (AvgIpc) is 3.41. The van der Waals surface area contributed by atoms with Crippen LogP contribution in [0.2, 0.25) is 0 Å². The lowest BCUT2D eigenvalue weighted by atomic mass is 10.1. The van der Waals surface area contributed by atoms with Crippen LogP contribution >= 0.6 is 0 Å². The molecule has 4 rings (SSSR count). The first-order chi connectivity index (χ1) is 13.2. The molecule has 3 aromatic rings. The second-order valence-corrected chi connectivity index (χ2v) is 6.57. The molecule has 1 aromatic heterocycles. The fraction of sp³-hybridized carbons (Fsp3) is 0.182. The van der Waals surface area contributed by atoms with Crippen LogP contribution in [0, 0.1) is 0 Å². The number of rotatable bonds is 4. The number of hydrogen-bond acceptors (Lipinski definition) is 3. The van der Waals surface area contributed by atoms with E-state index in [0.717, 1.165) is 23.2 Å². The van der Waals surface area contributed by atoms with Gasteiger partial charge in [-0.3, -0.25) is 9.59 Å². The largest absolute Gasteiger partial charge is 0.459 e. The average molecular weight is 360 g/mol. The van der Waals surface area contributed by atoms with E-state index < -0.39 is 6.04 Å². The summed E-state index contributed by atoms with van der Waals surface area (Å²) in [6.45, 7) is 0.560. The predicted molar refractivity (Wildman–Crippen MR) is 103 cm³/mol. The third-order valence-corrected chi connectivity index (χ3v) is 4.81. The first kappa shape index (κ1) is 17.1. The molecule has 1 atom stereocenters. The molecule has 5 nitrogen and oxygen atoms in total. The van der Waals surface area contributed by atoms with Gasteiger partial charge in [0.25, 0.3) is 5.91 Å². The Labute approximate surface area is 157 Å². The summed E-state index contributed by atoms with van der Waals surface area (Å²) in [5, 5.41) is 2.93. The van der Waals surface area contributed by atoms with Gasteiger partial charge in [-0.05, 0) is 48.2 Å². The molecular weight excluding hydrogens is 340 g/mol. The number of nitrogens with zero attached hydrogens (tertiary/aromatic N) is 1. The number of carbonyl (C=O) groups is 2. The van der Waals surface area contributed by atoms with Crippen molar-refractivity contribution in [1.82, 2.24) is 4.90 Å². The van der Waals surface area contributed by atoms with Gasteiger partial charge in [-0.1, -0.05) is 42.5 Å². The number of hydrogen-bond donors (Lipinski definition) is 1. The predicted octanol–water partition coefficient (Wildman–Crippen LogP) is 4.19. The molecule has 0 unspecified atom stereocenters. The Kier molecular flexibility index (Phi) is 4.75. The van der Waals surface area contributed by atoms with Crippen molar-refractivity contribution in [2.45, 2.75) is 18.9 Å². The zero-order valence-corrected chi connectivity index (χ0v) is 14.8. The van der Waals surface area contributed by atoms with Gasteiger partial charge in [-0.2, -0.15) is 0 Å². The van der Waals surface area contributed by atoms with Gasteiger partial charge in [0.1, 0.15) is 6.04 Å². The number of furan rings is 1. The minimum atomic E-state index is -0.476. The molecule has 1 fully saturated rings. The molecule has 2 amide bonds. The highest BCUT2D eigenvalue weighted by molar-refractivity contribution is 6.00. The molecule has 0 bridgehead atoms. The molecule has 1 N–H and O–H groups in total. The van der Waals surface area contributed by atoms with Crippen molar-refractivity contribution < 1.29 is 14.0 Å². The van der Waals surface area contributed by atoms with Crippen LogP contribution in [0.15, 0.2) is 77.4 Å². The van der Waals surface area contributed by atoms with Gasteiger partial charge in [-0.15, -0.1) is 0 Å². The van der Waals surface area contributed by atoms with Crippen molar-refractivity contribution >= 4 is 17.5 Å². The summed E-state index contributed by atoms with van der Waals surface area (Å²) in [6.07, 6.45) is 2.92. The highest BCUT2D eigenvalue weighted by Gasteiger charge is 2.35. The van der Waals surface area contributed by atoms with E-state index in [1.165, 1.54) is 6.26 Å². The molecule has 27 heavy (non-hydrogen) atoms. The number of likely N-dealkylation sites (tertiary alicyclic amines) is 1. The lowest BCUT2D eigenvalue weighted by Gasteiger charge is -2.23. The van der Waals surface area contributed by atoms with Crippen LogP contribution in [0.3, 0.4) is 0 Å². The fourth-order valence-corrected chi connectivity index (χ4v) is 3.43. The number of carbonyl (C=O) groups excluding carboxylic acids is 2. The maximum Gasteiger partial charge on any atom is 0.290 e. The van der Waals surface area contributed by atoms with Gasteiger partial charge >= 0.3 is 0 Å². The second kappa shape index (κ2) is 7.50. The Morgan fingerprint density at radius 1 is 0.926 bits per heavy atom. The van der Waals surface area contributed by atoms with Gasteiger partial charge in [0, 0.05) is 12.2 Å². The van der Waals surface area contributed by atoms with Gasteiger partial charge in [-0.25, -0.2) is 0 Å². The van der Waals surface area contributed by atoms with Crippen LogP contribution in [0.5, 0.6) is 0 Å². The summed E-state index contributed by atoms with van der Waals surface area (Å²) < 4.78 is 5.19. The lowest BCUT2D eigenvalue weighted by molar-refractivity contribution is -0.119. The minimum absolute atomic E-state index is 0.167. The van der Waals surface area contributed by atoms with Crippen molar-refractivity contribution in [3.8, 4) is 11.1 Å². The first-order valence-electron chi connectivity index (χ1n) is 9.03. The van der Waals surface area contributed by atoms with Crippen LogP contribution in [-0.2, 0) is 4.79 Å². The van der Waals surface area contributed by atoms with E-state index in [1.54, 1.807) is 17.0 Å². The quantitative estimate of drug-likeness (QED) is 0.759. The third-order valence-electron chi connectivity index (χ3n) is 4.81. The van der Waals surface area contributed by atoms with Crippen molar-refractivity contribution in [2.24, 2.45) is 0 Å².